The predicted octanol–water partition coefficient (Wildman–Crippen LogP) is 4.21. The molecule has 0 saturated heterocycles. The van der Waals surface area contributed by atoms with Gasteiger partial charge in [-0.15, -0.1) is 0 Å². The van der Waals surface area contributed by atoms with Crippen LogP contribution in [-0.2, 0) is 0 Å². The zero-order chi connectivity index (χ0) is 16.2. The molecule has 1 aromatic heterocycles. The van der Waals surface area contributed by atoms with Crippen LogP contribution in [0, 0.1) is 6.92 Å². The zero-order valence-corrected chi connectivity index (χ0v) is 13.5. The first-order valence-corrected chi connectivity index (χ1v) is 7.73. The average Bonchev–Trinajstić information content (AvgIpc) is 2.62. The van der Waals surface area contributed by atoms with Crippen molar-refractivity contribution in [2.24, 2.45) is 5.73 Å². The van der Waals surface area contributed by atoms with Crippen molar-refractivity contribution in [2.45, 2.75) is 13.0 Å². The Morgan fingerprint density at radius 3 is 2.09 bits per heavy atom. The summed E-state index contributed by atoms with van der Waals surface area (Å²) in [5.74, 6) is 0.915. The summed E-state index contributed by atoms with van der Waals surface area (Å²) in [6.45, 7) is 2.01. The molecule has 23 heavy (non-hydrogen) atoms. The van der Waals surface area contributed by atoms with Crippen LogP contribution in [0.25, 0.3) is 0 Å². The number of pyridine rings is 1. The van der Waals surface area contributed by atoms with E-state index in [1.54, 1.807) is 0 Å². The Labute approximate surface area is 137 Å². The number of nitrogens with zero attached hydrogens (tertiary/aromatic N) is 2. The molecule has 0 saturated carbocycles. The fraction of sp³-hybridized carbons (Fsp3) is 0.150. The molecule has 3 nitrogen and oxygen atoms in total. The van der Waals surface area contributed by atoms with Crippen molar-refractivity contribution >= 4 is 11.5 Å². The smallest absolute Gasteiger partial charge is 0.132 e. The number of anilines is 2. The number of aryl methyl sites for hydroxylation is 1. The predicted molar refractivity (Wildman–Crippen MR) is 96.0 cm³/mol. The third-order valence-corrected chi connectivity index (χ3v) is 4.09. The summed E-state index contributed by atoms with van der Waals surface area (Å²) in [6, 6.07) is 24.3. The van der Waals surface area contributed by atoms with E-state index in [0.29, 0.717) is 0 Å². The average molecular weight is 303 g/mol. The molecule has 0 aliphatic heterocycles. The van der Waals surface area contributed by atoms with Crippen LogP contribution in [0.1, 0.15) is 22.9 Å². The lowest BCUT2D eigenvalue weighted by molar-refractivity contribution is 0.846. The zero-order valence-electron chi connectivity index (χ0n) is 13.5. The highest BCUT2D eigenvalue weighted by atomic mass is 15.2. The molecule has 0 spiro atoms. The highest BCUT2D eigenvalue weighted by Crippen LogP contribution is 2.26. The van der Waals surface area contributed by atoms with Crippen molar-refractivity contribution in [3.8, 4) is 0 Å². The van der Waals surface area contributed by atoms with Gasteiger partial charge in [0.25, 0.3) is 0 Å². The normalized spacial score (nSPS) is 12.0. The van der Waals surface area contributed by atoms with Crippen LogP contribution in [0.4, 0.5) is 11.5 Å². The molecule has 0 bridgehead atoms. The fourth-order valence-corrected chi connectivity index (χ4v) is 2.70. The molecule has 0 radical (unpaired) electrons. The Bertz CT molecular complexity index is 769. The Balaban J connectivity index is 1.89. The Kier molecular flexibility index (Phi) is 4.40. The van der Waals surface area contributed by atoms with Gasteiger partial charge in [0.15, 0.2) is 0 Å². The minimum absolute atomic E-state index is 0.153. The molecule has 1 atom stereocenters. The van der Waals surface area contributed by atoms with E-state index in [1.165, 1.54) is 0 Å². The number of hydrogen-bond acceptors (Lipinski definition) is 3. The van der Waals surface area contributed by atoms with Crippen molar-refractivity contribution < 1.29 is 0 Å². The van der Waals surface area contributed by atoms with E-state index in [-0.39, 0.29) is 6.04 Å². The molecule has 0 fully saturated rings. The van der Waals surface area contributed by atoms with E-state index in [9.17, 15) is 0 Å². The highest BCUT2D eigenvalue weighted by molar-refractivity contribution is 5.59. The highest BCUT2D eigenvalue weighted by Gasteiger charge is 2.14. The molecule has 0 unspecified atom stereocenters. The number of hydrogen-bond donors (Lipinski definition) is 1. The van der Waals surface area contributed by atoms with Gasteiger partial charge in [-0.1, -0.05) is 54.6 Å². The van der Waals surface area contributed by atoms with E-state index >= 15 is 0 Å². The van der Waals surface area contributed by atoms with Gasteiger partial charge in [0.2, 0.25) is 0 Å². The summed E-state index contributed by atoms with van der Waals surface area (Å²) in [7, 11) is 2.02. The lowest BCUT2D eigenvalue weighted by Gasteiger charge is -2.21. The van der Waals surface area contributed by atoms with E-state index in [1.807, 2.05) is 68.6 Å². The lowest BCUT2D eigenvalue weighted by atomic mass is 9.98. The quantitative estimate of drug-likeness (QED) is 0.785. The largest absolute Gasteiger partial charge is 0.329 e. The molecular formula is C20H21N3. The Hall–Kier alpha value is -2.65. The maximum Gasteiger partial charge on any atom is 0.132 e. The fourth-order valence-electron chi connectivity index (χ4n) is 2.70. The first-order valence-electron chi connectivity index (χ1n) is 7.73. The van der Waals surface area contributed by atoms with Crippen LogP contribution in [0.3, 0.4) is 0 Å². The lowest BCUT2D eigenvalue weighted by Crippen LogP contribution is -2.16. The standard InChI is InChI=1S/C20H21N3/c1-15-18(20(21)16-9-5-3-6-10-16)13-14-19(22-15)23(2)17-11-7-4-8-12-17/h3-14,20H,21H2,1-2H3/t20-/m1/s1. The maximum absolute atomic E-state index is 6.40. The van der Waals surface area contributed by atoms with Crippen LogP contribution < -0.4 is 10.6 Å². The molecule has 3 rings (SSSR count). The molecular weight excluding hydrogens is 282 g/mol. The van der Waals surface area contributed by atoms with Crippen LogP contribution in [0.5, 0.6) is 0 Å². The van der Waals surface area contributed by atoms with E-state index < -0.39 is 0 Å². The summed E-state index contributed by atoms with van der Waals surface area (Å²) >= 11 is 0. The molecule has 0 amide bonds. The van der Waals surface area contributed by atoms with Gasteiger partial charge in [-0.2, -0.15) is 0 Å². The first-order chi connectivity index (χ1) is 11.2. The van der Waals surface area contributed by atoms with Gasteiger partial charge in [-0.25, -0.2) is 4.98 Å². The maximum atomic E-state index is 6.40. The van der Waals surface area contributed by atoms with Gasteiger partial charge in [0.1, 0.15) is 5.82 Å². The molecule has 0 aliphatic rings. The van der Waals surface area contributed by atoms with Crippen molar-refractivity contribution in [3.63, 3.8) is 0 Å². The Morgan fingerprint density at radius 1 is 0.870 bits per heavy atom. The number of benzene rings is 2. The second-order valence-corrected chi connectivity index (χ2v) is 5.63. The van der Waals surface area contributed by atoms with Gasteiger partial charge >= 0.3 is 0 Å². The van der Waals surface area contributed by atoms with Crippen LogP contribution in [0.2, 0.25) is 0 Å². The number of rotatable bonds is 4. The molecule has 1 heterocycles. The minimum atomic E-state index is -0.153. The second kappa shape index (κ2) is 6.63. The van der Waals surface area contributed by atoms with E-state index in [4.69, 9.17) is 10.7 Å². The van der Waals surface area contributed by atoms with Gasteiger partial charge in [0.05, 0.1) is 6.04 Å². The number of aromatic nitrogens is 1. The van der Waals surface area contributed by atoms with Crippen LogP contribution in [-0.4, -0.2) is 12.0 Å². The third-order valence-electron chi connectivity index (χ3n) is 4.09. The topological polar surface area (TPSA) is 42.2 Å². The SMILES string of the molecule is Cc1nc(N(C)c2ccccc2)ccc1[C@H](N)c1ccccc1. The summed E-state index contributed by atoms with van der Waals surface area (Å²) in [6.07, 6.45) is 0. The molecule has 116 valence electrons. The van der Waals surface area contributed by atoms with Crippen molar-refractivity contribution in [1.82, 2.24) is 4.98 Å². The molecule has 3 aromatic rings. The summed E-state index contributed by atoms with van der Waals surface area (Å²) < 4.78 is 0. The second-order valence-electron chi connectivity index (χ2n) is 5.63. The summed E-state index contributed by atoms with van der Waals surface area (Å²) in [4.78, 5) is 6.82. The van der Waals surface area contributed by atoms with Crippen molar-refractivity contribution in [3.05, 3.63) is 89.6 Å². The first kappa shape index (κ1) is 15.3. The molecule has 2 N–H and O–H groups in total. The van der Waals surface area contributed by atoms with Crippen LogP contribution >= 0.6 is 0 Å². The van der Waals surface area contributed by atoms with E-state index in [2.05, 4.69) is 23.1 Å². The van der Waals surface area contributed by atoms with E-state index in [0.717, 1.165) is 28.3 Å². The van der Waals surface area contributed by atoms with Gasteiger partial charge in [-0.3, -0.25) is 0 Å². The van der Waals surface area contributed by atoms with Crippen LogP contribution in [0.15, 0.2) is 72.8 Å². The number of para-hydroxylation sites is 1. The third kappa shape index (κ3) is 3.25. The molecule has 0 aliphatic carbocycles. The van der Waals surface area contributed by atoms with Gasteiger partial charge in [0, 0.05) is 18.4 Å². The molecule has 2 aromatic carbocycles. The summed E-state index contributed by atoms with van der Waals surface area (Å²) in [5.41, 5.74) is 10.6. The monoisotopic (exact) mass is 303 g/mol. The number of nitrogens with two attached hydrogens (primary N) is 1. The molecule has 3 heteroatoms. The van der Waals surface area contributed by atoms with Gasteiger partial charge < -0.3 is 10.6 Å². The summed E-state index contributed by atoms with van der Waals surface area (Å²) in [5, 5.41) is 0. The Morgan fingerprint density at radius 2 is 1.48 bits per heavy atom. The van der Waals surface area contributed by atoms with Crippen molar-refractivity contribution in [1.29, 1.82) is 0 Å². The van der Waals surface area contributed by atoms with Gasteiger partial charge in [-0.05, 0) is 36.2 Å². The minimum Gasteiger partial charge on any atom is -0.329 e. The van der Waals surface area contributed by atoms with Crippen molar-refractivity contribution in [2.75, 3.05) is 11.9 Å².